The number of hydrogen-bond acceptors (Lipinski definition) is 11. The standard InChI is InChI=1S/C30H32N8O5/c39-29(34-37-13-5-1-6-14-37)20-11-12-21(31-17-20)18-42-30-24-9-3-2-8-23(24)27-32-33-28(38(27)35-30)25-16-22(43-36-25)19-41-26-10-4-7-15-40-26/h2-3,8-9,11-12,16-17,26H,1,4-7,10,13-15,18-19H2,(H,34,39). The average molecular weight is 585 g/mol. The molecule has 0 spiro atoms. The maximum atomic E-state index is 12.6. The van der Waals surface area contributed by atoms with Gasteiger partial charge in [-0.2, -0.15) is 4.52 Å². The van der Waals surface area contributed by atoms with Crippen LogP contribution in [0.15, 0.2) is 53.2 Å². The highest BCUT2D eigenvalue weighted by atomic mass is 16.7. The van der Waals surface area contributed by atoms with E-state index in [0.29, 0.717) is 46.7 Å². The number of amides is 1. The van der Waals surface area contributed by atoms with Gasteiger partial charge in [0.1, 0.15) is 13.2 Å². The van der Waals surface area contributed by atoms with Crippen molar-refractivity contribution >= 4 is 22.3 Å². The number of carbonyl (C=O) groups is 1. The van der Waals surface area contributed by atoms with Crippen molar-refractivity contribution in [2.45, 2.75) is 58.0 Å². The van der Waals surface area contributed by atoms with Crippen LogP contribution in [0.2, 0.25) is 0 Å². The minimum absolute atomic E-state index is 0.155. The van der Waals surface area contributed by atoms with E-state index in [4.69, 9.17) is 23.8 Å². The van der Waals surface area contributed by atoms with E-state index in [1.807, 2.05) is 29.3 Å². The Labute approximate surface area is 247 Å². The molecular weight excluding hydrogens is 552 g/mol. The Bertz CT molecular complexity index is 1710. The van der Waals surface area contributed by atoms with Crippen LogP contribution in [0.1, 0.15) is 60.3 Å². The number of pyridine rings is 1. The number of piperidine rings is 1. The fraction of sp³-hybridized carbons (Fsp3) is 0.400. The predicted molar refractivity (Wildman–Crippen MR) is 154 cm³/mol. The Balaban J connectivity index is 1.08. The molecule has 1 unspecified atom stereocenters. The van der Waals surface area contributed by atoms with Gasteiger partial charge in [0, 0.05) is 42.7 Å². The third-order valence-corrected chi connectivity index (χ3v) is 7.63. The Morgan fingerprint density at radius 1 is 1.00 bits per heavy atom. The zero-order valence-electron chi connectivity index (χ0n) is 23.6. The van der Waals surface area contributed by atoms with Crippen LogP contribution in [-0.2, 0) is 22.7 Å². The van der Waals surface area contributed by atoms with E-state index in [9.17, 15) is 4.79 Å². The Morgan fingerprint density at radius 2 is 1.88 bits per heavy atom. The molecule has 4 aromatic heterocycles. The van der Waals surface area contributed by atoms with Crippen molar-refractivity contribution in [2.75, 3.05) is 19.7 Å². The van der Waals surface area contributed by atoms with Gasteiger partial charge in [0.25, 0.3) is 5.91 Å². The molecule has 13 heteroatoms. The van der Waals surface area contributed by atoms with E-state index < -0.39 is 0 Å². The summed E-state index contributed by atoms with van der Waals surface area (Å²) in [6.45, 7) is 2.84. The van der Waals surface area contributed by atoms with Crippen LogP contribution in [-0.4, -0.2) is 66.9 Å². The first kappa shape index (κ1) is 27.4. The van der Waals surface area contributed by atoms with Gasteiger partial charge in [-0.15, -0.1) is 15.3 Å². The van der Waals surface area contributed by atoms with E-state index in [2.05, 4.69) is 25.8 Å². The minimum atomic E-state index is -0.230. The van der Waals surface area contributed by atoms with Crippen LogP contribution in [0.3, 0.4) is 0 Å². The first-order valence-electron chi connectivity index (χ1n) is 14.7. The predicted octanol–water partition coefficient (Wildman–Crippen LogP) is 4.08. The van der Waals surface area contributed by atoms with Gasteiger partial charge in [-0.1, -0.05) is 29.8 Å². The van der Waals surface area contributed by atoms with Crippen LogP contribution in [0, 0.1) is 0 Å². The number of aromatic nitrogens is 6. The topological polar surface area (TPSA) is 142 Å². The molecule has 2 aliphatic rings. The maximum absolute atomic E-state index is 12.6. The lowest BCUT2D eigenvalue weighted by atomic mass is 10.2. The number of hydrogen-bond donors (Lipinski definition) is 1. The molecule has 2 fully saturated rings. The molecule has 13 nitrogen and oxygen atoms in total. The van der Waals surface area contributed by atoms with Crippen molar-refractivity contribution in [1.82, 2.24) is 40.4 Å². The lowest BCUT2D eigenvalue weighted by Crippen LogP contribution is -2.45. The van der Waals surface area contributed by atoms with Gasteiger partial charge in [0.15, 0.2) is 23.4 Å². The van der Waals surface area contributed by atoms with Crippen LogP contribution < -0.4 is 10.2 Å². The summed E-state index contributed by atoms with van der Waals surface area (Å²) in [6, 6.07) is 13.0. The zero-order chi connectivity index (χ0) is 29.0. The van der Waals surface area contributed by atoms with E-state index in [1.54, 1.807) is 28.9 Å². The number of benzene rings is 1. The monoisotopic (exact) mass is 584 g/mol. The maximum Gasteiger partial charge on any atom is 0.267 e. The summed E-state index contributed by atoms with van der Waals surface area (Å²) in [6.07, 6.45) is 7.71. The van der Waals surface area contributed by atoms with Crippen LogP contribution in [0.25, 0.3) is 27.9 Å². The van der Waals surface area contributed by atoms with Gasteiger partial charge in [-0.05, 0) is 50.3 Å². The molecule has 1 N–H and O–H groups in total. The molecule has 1 amide bonds. The normalized spacial score (nSPS) is 17.8. The number of ether oxygens (including phenoxy) is 3. The molecule has 2 saturated heterocycles. The van der Waals surface area contributed by atoms with Crippen molar-refractivity contribution in [1.29, 1.82) is 0 Å². The Kier molecular flexibility index (Phi) is 7.90. The number of nitrogens with one attached hydrogen (secondary N) is 1. The molecule has 43 heavy (non-hydrogen) atoms. The molecule has 1 aromatic carbocycles. The molecule has 5 aromatic rings. The highest BCUT2D eigenvalue weighted by Gasteiger charge is 2.21. The van der Waals surface area contributed by atoms with Crippen LogP contribution in [0.4, 0.5) is 0 Å². The van der Waals surface area contributed by atoms with Gasteiger partial charge in [0.2, 0.25) is 11.7 Å². The summed E-state index contributed by atoms with van der Waals surface area (Å²) in [5, 5.41) is 21.2. The van der Waals surface area contributed by atoms with Crippen molar-refractivity contribution in [2.24, 2.45) is 0 Å². The average Bonchev–Trinajstić information content (AvgIpc) is 3.71. The summed E-state index contributed by atoms with van der Waals surface area (Å²) >= 11 is 0. The third-order valence-electron chi connectivity index (χ3n) is 7.63. The summed E-state index contributed by atoms with van der Waals surface area (Å²) in [7, 11) is 0. The quantitative estimate of drug-likeness (QED) is 0.268. The van der Waals surface area contributed by atoms with Gasteiger partial charge < -0.3 is 18.7 Å². The lowest BCUT2D eigenvalue weighted by molar-refractivity contribution is -0.171. The van der Waals surface area contributed by atoms with E-state index in [0.717, 1.165) is 56.0 Å². The number of rotatable bonds is 9. The highest BCUT2D eigenvalue weighted by molar-refractivity contribution is 5.97. The molecule has 0 bridgehead atoms. The molecule has 1 atom stereocenters. The van der Waals surface area contributed by atoms with Crippen molar-refractivity contribution in [3.8, 4) is 17.4 Å². The molecule has 7 rings (SSSR count). The molecule has 0 aliphatic carbocycles. The molecular formula is C30H32N8O5. The smallest absolute Gasteiger partial charge is 0.267 e. The lowest BCUT2D eigenvalue weighted by Gasteiger charge is -2.26. The van der Waals surface area contributed by atoms with Gasteiger partial charge in [0.05, 0.1) is 11.3 Å². The summed E-state index contributed by atoms with van der Waals surface area (Å²) in [5.74, 6) is 1.19. The second-order valence-corrected chi connectivity index (χ2v) is 10.7. The molecule has 222 valence electrons. The number of nitrogens with zero attached hydrogens (tertiary/aromatic N) is 7. The first-order chi connectivity index (χ1) is 21.2. The Hall–Kier alpha value is -4.46. The van der Waals surface area contributed by atoms with Gasteiger partial charge in [-0.25, -0.2) is 5.01 Å². The van der Waals surface area contributed by atoms with E-state index >= 15 is 0 Å². The summed E-state index contributed by atoms with van der Waals surface area (Å²) < 4.78 is 24.7. The van der Waals surface area contributed by atoms with E-state index in [-0.39, 0.29) is 25.4 Å². The number of fused-ring (bicyclic) bond motifs is 3. The first-order valence-corrected chi connectivity index (χ1v) is 14.7. The molecule has 6 heterocycles. The summed E-state index contributed by atoms with van der Waals surface area (Å²) in [5.41, 5.74) is 5.16. The fourth-order valence-corrected chi connectivity index (χ4v) is 5.32. The van der Waals surface area contributed by atoms with Crippen molar-refractivity contribution in [3.05, 3.63) is 65.7 Å². The number of carbonyl (C=O) groups excluding carboxylic acids is 1. The molecule has 2 aliphatic heterocycles. The highest BCUT2D eigenvalue weighted by Crippen LogP contribution is 2.29. The van der Waals surface area contributed by atoms with Crippen LogP contribution in [0.5, 0.6) is 5.88 Å². The molecule has 0 radical (unpaired) electrons. The van der Waals surface area contributed by atoms with Gasteiger partial charge >= 0.3 is 0 Å². The second-order valence-electron chi connectivity index (χ2n) is 10.7. The van der Waals surface area contributed by atoms with Gasteiger partial charge in [-0.3, -0.25) is 15.2 Å². The zero-order valence-corrected chi connectivity index (χ0v) is 23.6. The third kappa shape index (κ3) is 6.05. The second kappa shape index (κ2) is 12.4. The van der Waals surface area contributed by atoms with Crippen molar-refractivity contribution < 1.29 is 23.5 Å². The fourth-order valence-electron chi connectivity index (χ4n) is 5.32. The SMILES string of the molecule is O=C(NN1CCCCC1)c1ccc(COc2nn3c(-c4cc(COC5CCCCO5)on4)nnc3c3ccccc23)nc1. The Morgan fingerprint density at radius 3 is 2.70 bits per heavy atom. The largest absolute Gasteiger partial charge is 0.470 e. The minimum Gasteiger partial charge on any atom is -0.470 e. The van der Waals surface area contributed by atoms with Crippen LogP contribution >= 0.6 is 0 Å². The number of hydrazine groups is 1. The molecule has 0 saturated carbocycles. The summed E-state index contributed by atoms with van der Waals surface area (Å²) in [4.78, 5) is 17.1. The van der Waals surface area contributed by atoms with E-state index in [1.165, 1.54) is 6.42 Å². The van der Waals surface area contributed by atoms with Crippen molar-refractivity contribution in [3.63, 3.8) is 0 Å².